The van der Waals surface area contributed by atoms with E-state index >= 15 is 0 Å². The van der Waals surface area contributed by atoms with Crippen molar-refractivity contribution >= 4 is 29.6 Å². The average Bonchev–Trinajstić information content (AvgIpc) is 2.94. The van der Waals surface area contributed by atoms with Crippen LogP contribution in [0.5, 0.6) is 0 Å². The Labute approximate surface area is 125 Å². The maximum atomic E-state index is 11.9. The van der Waals surface area contributed by atoms with E-state index in [9.17, 15) is 24.0 Å². The molecule has 1 saturated heterocycles. The van der Waals surface area contributed by atoms with Crippen molar-refractivity contribution in [3.63, 3.8) is 0 Å². The van der Waals surface area contributed by atoms with Crippen LogP contribution in [0.25, 0.3) is 0 Å². The summed E-state index contributed by atoms with van der Waals surface area (Å²) in [5.41, 5.74) is 0. The lowest BCUT2D eigenvalue weighted by Gasteiger charge is -2.16. The number of ether oxygens (including phenoxy) is 1. The van der Waals surface area contributed by atoms with Gasteiger partial charge in [0.25, 0.3) is 23.6 Å². The normalized spacial score (nSPS) is 21.2. The highest BCUT2D eigenvalue weighted by Crippen LogP contribution is 2.17. The molecule has 0 bridgehead atoms. The summed E-state index contributed by atoms with van der Waals surface area (Å²) >= 11 is 0. The van der Waals surface area contributed by atoms with Crippen LogP contribution in [0.15, 0.2) is 12.2 Å². The SMILES string of the molecule is CCC(=O)ON1C(=O)CC(OCCN2C(=O)C=CC2=O)C1=O. The van der Waals surface area contributed by atoms with Crippen molar-refractivity contribution in [1.29, 1.82) is 0 Å². The van der Waals surface area contributed by atoms with Gasteiger partial charge in [-0.1, -0.05) is 12.0 Å². The van der Waals surface area contributed by atoms with Crippen LogP contribution in [-0.2, 0) is 33.5 Å². The quantitative estimate of drug-likeness (QED) is 0.574. The third-order valence-electron chi connectivity index (χ3n) is 3.08. The van der Waals surface area contributed by atoms with Crippen molar-refractivity contribution in [2.24, 2.45) is 0 Å². The number of carbonyl (C=O) groups excluding carboxylic acids is 5. The van der Waals surface area contributed by atoms with Crippen LogP contribution in [0, 0.1) is 0 Å². The lowest BCUT2D eigenvalue weighted by Crippen LogP contribution is -2.37. The molecule has 1 unspecified atom stereocenters. The summed E-state index contributed by atoms with van der Waals surface area (Å²) < 4.78 is 5.21. The molecular formula is C13H14N2O7. The van der Waals surface area contributed by atoms with Gasteiger partial charge in [0.1, 0.15) is 6.10 Å². The maximum absolute atomic E-state index is 11.9. The van der Waals surface area contributed by atoms with Crippen LogP contribution >= 0.6 is 0 Å². The zero-order chi connectivity index (χ0) is 16.3. The molecule has 2 aliphatic rings. The van der Waals surface area contributed by atoms with Crippen LogP contribution in [0.3, 0.4) is 0 Å². The van der Waals surface area contributed by atoms with E-state index in [4.69, 9.17) is 4.74 Å². The molecule has 1 fully saturated rings. The van der Waals surface area contributed by atoms with E-state index in [0.717, 1.165) is 17.1 Å². The van der Waals surface area contributed by atoms with Crippen molar-refractivity contribution in [3.05, 3.63) is 12.2 Å². The molecule has 118 valence electrons. The van der Waals surface area contributed by atoms with Gasteiger partial charge in [-0.25, -0.2) is 4.79 Å². The summed E-state index contributed by atoms with van der Waals surface area (Å²) in [6.45, 7) is 1.40. The molecule has 0 radical (unpaired) electrons. The van der Waals surface area contributed by atoms with Crippen molar-refractivity contribution in [2.75, 3.05) is 13.2 Å². The Bertz CT molecular complexity index is 551. The molecule has 2 heterocycles. The van der Waals surface area contributed by atoms with Gasteiger partial charge in [-0.3, -0.25) is 24.1 Å². The predicted molar refractivity (Wildman–Crippen MR) is 68.5 cm³/mol. The van der Waals surface area contributed by atoms with E-state index < -0.39 is 35.7 Å². The van der Waals surface area contributed by atoms with Crippen molar-refractivity contribution in [1.82, 2.24) is 9.96 Å². The Morgan fingerprint density at radius 3 is 2.45 bits per heavy atom. The van der Waals surface area contributed by atoms with Crippen molar-refractivity contribution < 1.29 is 33.5 Å². The molecule has 0 aromatic rings. The number of imide groups is 2. The Balaban J connectivity index is 1.83. The third-order valence-corrected chi connectivity index (χ3v) is 3.08. The van der Waals surface area contributed by atoms with E-state index in [1.807, 2.05) is 0 Å². The van der Waals surface area contributed by atoms with Gasteiger partial charge in [0.15, 0.2) is 0 Å². The summed E-state index contributed by atoms with van der Waals surface area (Å²) in [4.78, 5) is 62.8. The van der Waals surface area contributed by atoms with Crippen molar-refractivity contribution in [2.45, 2.75) is 25.9 Å². The molecule has 4 amide bonds. The standard InChI is InChI=1S/C13H14N2O7/c1-2-12(19)22-15-11(18)7-8(13(15)20)21-6-5-14-9(16)3-4-10(14)17/h3-4,8H,2,5-7H2,1H3. The van der Waals surface area contributed by atoms with Gasteiger partial charge in [0.05, 0.1) is 19.6 Å². The summed E-state index contributed by atoms with van der Waals surface area (Å²) in [7, 11) is 0. The van der Waals surface area contributed by atoms with E-state index in [1.54, 1.807) is 0 Å². The van der Waals surface area contributed by atoms with Gasteiger partial charge in [0.2, 0.25) is 0 Å². The molecule has 2 aliphatic heterocycles. The number of hydrogen-bond donors (Lipinski definition) is 0. The Morgan fingerprint density at radius 2 is 1.86 bits per heavy atom. The van der Waals surface area contributed by atoms with Crippen molar-refractivity contribution in [3.8, 4) is 0 Å². The highest BCUT2D eigenvalue weighted by Gasteiger charge is 2.42. The van der Waals surface area contributed by atoms with Gasteiger partial charge >= 0.3 is 5.97 Å². The molecule has 0 spiro atoms. The number of nitrogens with zero attached hydrogens (tertiary/aromatic N) is 2. The monoisotopic (exact) mass is 310 g/mol. The van der Waals surface area contributed by atoms with Crippen LogP contribution in [-0.4, -0.2) is 58.8 Å². The topological polar surface area (TPSA) is 110 Å². The zero-order valence-corrected chi connectivity index (χ0v) is 11.8. The van der Waals surface area contributed by atoms with Crippen LogP contribution < -0.4 is 0 Å². The number of hydrogen-bond acceptors (Lipinski definition) is 7. The predicted octanol–water partition coefficient (Wildman–Crippen LogP) is -1.08. The molecule has 9 heteroatoms. The van der Waals surface area contributed by atoms with E-state index in [2.05, 4.69) is 4.84 Å². The van der Waals surface area contributed by atoms with Gasteiger partial charge < -0.3 is 9.57 Å². The lowest BCUT2D eigenvalue weighted by molar-refractivity contribution is -0.199. The second kappa shape index (κ2) is 6.48. The molecule has 22 heavy (non-hydrogen) atoms. The number of amides is 4. The molecule has 9 nitrogen and oxygen atoms in total. The summed E-state index contributed by atoms with van der Waals surface area (Å²) in [6, 6.07) is 0. The molecular weight excluding hydrogens is 296 g/mol. The highest BCUT2D eigenvalue weighted by molar-refractivity contribution is 6.12. The molecule has 0 aromatic carbocycles. The van der Waals surface area contributed by atoms with E-state index in [1.165, 1.54) is 6.92 Å². The lowest BCUT2D eigenvalue weighted by atomic mass is 10.3. The van der Waals surface area contributed by atoms with Gasteiger partial charge in [-0.2, -0.15) is 0 Å². The first-order chi connectivity index (χ1) is 10.4. The molecule has 2 rings (SSSR count). The minimum absolute atomic E-state index is 0.0226. The van der Waals surface area contributed by atoms with E-state index in [0.29, 0.717) is 5.06 Å². The second-order valence-corrected chi connectivity index (χ2v) is 4.57. The largest absolute Gasteiger partial charge is 0.366 e. The first-order valence-corrected chi connectivity index (χ1v) is 6.66. The number of rotatable bonds is 6. The number of carbonyl (C=O) groups is 5. The fourth-order valence-corrected chi connectivity index (χ4v) is 1.91. The molecule has 0 aliphatic carbocycles. The minimum Gasteiger partial charge on any atom is -0.366 e. The smallest absolute Gasteiger partial charge is 0.332 e. The first kappa shape index (κ1) is 15.8. The van der Waals surface area contributed by atoms with Crippen LogP contribution in [0.2, 0.25) is 0 Å². The second-order valence-electron chi connectivity index (χ2n) is 4.57. The molecule has 0 saturated carbocycles. The average molecular weight is 310 g/mol. The zero-order valence-electron chi connectivity index (χ0n) is 11.8. The minimum atomic E-state index is -1.09. The summed E-state index contributed by atoms with van der Waals surface area (Å²) in [5, 5.41) is 0.393. The first-order valence-electron chi connectivity index (χ1n) is 6.66. The van der Waals surface area contributed by atoms with Gasteiger partial charge in [0, 0.05) is 18.6 Å². The summed E-state index contributed by atoms with van der Waals surface area (Å²) in [6.07, 6.45) is 0.958. The summed E-state index contributed by atoms with van der Waals surface area (Å²) in [5.74, 6) is -3.07. The van der Waals surface area contributed by atoms with Crippen LogP contribution in [0.4, 0.5) is 0 Å². The molecule has 0 aromatic heterocycles. The van der Waals surface area contributed by atoms with Gasteiger partial charge in [-0.15, -0.1) is 0 Å². The van der Waals surface area contributed by atoms with E-state index in [-0.39, 0.29) is 26.0 Å². The Hall–Kier alpha value is -2.55. The maximum Gasteiger partial charge on any atom is 0.332 e. The highest BCUT2D eigenvalue weighted by atomic mass is 16.7. The fraction of sp³-hybridized carbons (Fsp3) is 0.462. The van der Waals surface area contributed by atoms with Crippen LogP contribution in [0.1, 0.15) is 19.8 Å². The fourth-order valence-electron chi connectivity index (χ4n) is 1.91. The molecule has 1 atom stereocenters. The Morgan fingerprint density at radius 1 is 1.23 bits per heavy atom. The number of hydroxylamine groups is 2. The Kier molecular flexibility index (Phi) is 4.66. The third kappa shape index (κ3) is 3.19. The van der Waals surface area contributed by atoms with Gasteiger partial charge in [-0.05, 0) is 0 Å². The molecule has 0 N–H and O–H groups in total.